The van der Waals surface area contributed by atoms with Crippen LogP contribution in [0, 0.1) is 0 Å². The average molecular weight is 115 g/mol. The Morgan fingerprint density at radius 2 is 2.57 bits per heavy atom. The van der Waals surface area contributed by atoms with Crippen LogP contribution in [0.5, 0.6) is 0 Å². The number of aryl methyl sites for hydroxylation is 1. The van der Waals surface area contributed by atoms with Crippen LogP contribution in [0.25, 0.3) is 0 Å². The first kappa shape index (κ1) is 4.59. The molecule has 0 unspecified atom stereocenters. The third kappa shape index (κ3) is 0.718. The van der Waals surface area contributed by atoms with Crippen LogP contribution in [0.2, 0.25) is 0 Å². The van der Waals surface area contributed by atoms with E-state index in [1.165, 1.54) is 0 Å². The van der Waals surface area contributed by atoms with Crippen molar-refractivity contribution >= 4 is 17.4 Å². The highest BCUT2D eigenvalue weighted by atomic mass is 32.1. The summed E-state index contributed by atoms with van der Waals surface area (Å²) in [4.78, 5) is 0. The van der Waals surface area contributed by atoms with Crippen LogP contribution < -0.4 is 9.69 Å². The molecular formula is C4H7N2S+. The van der Waals surface area contributed by atoms with E-state index >= 15 is 0 Å². The third-order valence-corrected chi connectivity index (χ3v) is 1.61. The molecule has 0 spiro atoms. The molecule has 0 saturated heterocycles. The molecule has 2 N–H and O–H groups in total. The lowest BCUT2D eigenvalue weighted by molar-refractivity contribution is -0.585. The predicted molar refractivity (Wildman–Crippen MR) is 29.9 cm³/mol. The maximum absolute atomic E-state index is 5.41. The number of nitrogens with zero attached hydrogens (tertiary/aromatic N) is 1. The summed E-state index contributed by atoms with van der Waals surface area (Å²) in [6.07, 6.45) is 0. The van der Waals surface area contributed by atoms with Crippen LogP contribution >= 0.6 is 11.5 Å². The van der Waals surface area contributed by atoms with Gasteiger partial charge in [0.25, 0.3) is 5.82 Å². The minimum atomic E-state index is 0.824. The minimum absolute atomic E-state index is 0.824. The van der Waals surface area contributed by atoms with Gasteiger partial charge in [0.05, 0.1) is 7.05 Å². The van der Waals surface area contributed by atoms with Gasteiger partial charge in [-0.3, -0.25) is 5.73 Å². The summed E-state index contributed by atoms with van der Waals surface area (Å²) in [5.74, 6) is 0.824. The van der Waals surface area contributed by atoms with E-state index in [0.717, 1.165) is 5.82 Å². The van der Waals surface area contributed by atoms with E-state index in [-0.39, 0.29) is 0 Å². The summed E-state index contributed by atoms with van der Waals surface area (Å²) in [5.41, 5.74) is 5.41. The molecule has 1 aromatic heterocycles. The Morgan fingerprint density at radius 1 is 1.86 bits per heavy atom. The van der Waals surface area contributed by atoms with Crippen molar-refractivity contribution in [3.63, 3.8) is 0 Å². The topological polar surface area (TPSA) is 29.9 Å². The van der Waals surface area contributed by atoms with Crippen LogP contribution in [0.3, 0.4) is 0 Å². The van der Waals surface area contributed by atoms with Crippen molar-refractivity contribution in [2.45, 2.75) is 0 Å². The normalized spacial score (nSPS) is 9.29. The summed E-state index contributed by atoms with van der Waals surface area (Å²) in [7, 11) is 1.93. The van der Waals surface area contributed by atoms with Gasteiger partial charge in [0.1, 0.15) is 0 Å². The molecule has 0 aliphatic rings. The summed E-state index contributed by atoms with van der Waals surface area (Å²) in [6, 6.07) is 1.88. The molecule has 0 amide bonds. The molecule has 2 nitrogen and oxygen atoms in total. The largest absolute Gasteiger partial charge is 0.286 e. The number of hydrogen-bond donors (Lipinski definition) is 1. The summed E-state index contributed by atoms with van der Waals surface area (Å²) < 4.78 is 1.90. The molecule has 0 aliphatic carbocycles. The molecule has 1 rings (SSSR count). The second-order valence-electron chi connectivity index (χ2n) is 1.33. The molecule has 0 bridgehead atoms. The van der Waals surface area contributed by atoms with Gasteiger partial charge in [0.15, 0.2) is 0 Å². The van der Waals surface area contributed by atoms with E-state index in [0.29, 0.717) is 0 Å². The van der Waals surface area contributed by atoms with Gasteiger partial charge in [-0.1, -0.05) is 0 Å². The SMILES string of the molecule is C[n+]1sccc1N. The van der Waals surface area contributed by atoms with Crippen molar-refractivity contribution in [2.75, 3.05) is 5.73 Å². The lowest BCUT2D eigenvalue weighted by Gasteiger charge is -1.76. The molecule has 0 saturated carbocycles. The van der Waals surface area contributed by atoms with Crippen molar-refractivity contribution in [2.24, 2.45) is 7.05 Å². The monoisotopic (exact) mass is 115 g/mol. The molecule has 0 fully saturated rings. The van der Waals surface area contributed by atoms with Crippen LogP contribution in [0.4, 0.5) is 5.82 Å². The van der Waals surface area contributed by atoms with Crippen LogP contribution in [-0.4, -0.2) is 0 Å². The molecule has 0 aromatic carbocycles. The Morgan fingerprint density at radius 3 is 2.71 bits per heavy atom. The standard InChI is InChI=1S/C4H6N2S/c1-6-4(5)2-3-7-6/h2-3,5H,1H3/p+1. The number of nitrogen functional groups attached to an aromatic ring is 1. The van der Waals surface area contributed by atoms with Crippen molar-refractivity contribution in [1.29, 1.82) is 0 Å². The van der Waals surface area contributed by atoms with E-state index in [1.54, 1.807) is 11.5 Å². The Hall–Kier alpha value is -0.570. The fourth-order valence-corrected chi connectivity index (χ4v) is 0.923. The van der Waals surface area contributed by atoms with Gasteiger partial charge in [-0.25, -0.2) is 0 Å². The van der Waals surface area contributed by atoms with E-state index in [4.69, 9.17) is 5.73 Å². The van der Waals surface area contributed by atoms with Crippen molar-refractivity contribution < 1.29 is 3.96 Å². The van der Waals surface area contributed by atoms with Crippen molar-refractivity contribution in [3.8, 4) is 0 Å². The van der Waals surface area contributed by atoms with Crippen LogP contribution in [0.1, 0.15) is 0 Å². The number of hydrogen-bond acceptors (Lipinski definition) is 2. The molecule has 0 radical (unpaired) electrons. The van der Waals surface area contributed by atoms with E-state index in [2.05, 4.69) is 0 Å². The molecular weight excluding hydrogens is 108 g/mol. The highest BCUT2D eigenvalue weighted by Gasteiger charge is 1.94. The van der Waals surface area contributed by atoms with Crippen LogP contribution in [0.15, 0.2) is 11.4 Å². The lowest BCUT2D eigenvalue weighted by Crippen LogP contribution is -2.24. The third-order valence-electron chi connectivity index (χ3n) is 0.821. The van der Waals surface area contributed by atoms with Crippen molar-refractivity contribution in [1.82, 2.24) is 0 Å². The maximum atomic E-state index is 5.41. The molecule has 1 heterocycles. The quantitative estimate of drug-likeness (QED) is 0.479. The zero-order valence-electron chi connectivity index (χ0n) is 4.09. The Kier molecular flexibility index (Phi) is 0.982. The van der Waals surface area contributed by atoms with Gasteiger partial charge < -0.3 is 0 Å². The number of nitrogens with two attached hydrogens (primary N) is 1. The first-order valence-corrected chi connectivity index (χ1v) is 2.84. The van der Waals surface area contributed by atoms with Crippen molar-refractivity contribution in [3.05, 3.63) is 11.4 Å². The summed E-state index contributed by atoms with van der Waals surface area (Å²) in [5, 5.41) is 1.95. The summed E-state index contributed by atoms with van der Waals surface area (Å²) >= 11 is 1.60. The van der Waals surface area contributed by atoms with Gasteiger partial charge in [-0.2, -0.15) is 3.96 Å². The Labute approximate surface area is 46.3 Å². The maximum Gasteiger partial charge on any atom is 0.284 e. The number of anilines is 1. The average Bonchev–Trinajstić information content (AvgIpc) is 1.91. The molecule has 7 heavy (non-hydrogen) atoms. The van der Waals surface area contributed by atoms with Gasteiger partial charge in [0.2, 0.25) is 0 Å². The number of rotatable bonds is 0. The zero-order chi connectivity index (χ0) is 5.28. The molecule has 38 valence electrons. The first-order chi connectivity index (χ1) is 3.30. The molecule has 0 atom stereocenters. The second kappa shape index (κ2) is 1.50. The minimum Gasteiger partial charge on any atom is -0.286 e. The highest BCUT2D eigenvalue weighted by molar-refractivity contribution is 6.99. The molecule has 1 aromatic rings. The first-order valence-electron chi connectivity index (χ1n) is 2.00. The Balaban J connectivity index is 3.12. The zero-order valence-corrected chi connectivity index (χ0v) is 4.90. The van der Waals surface area contributed by atoms with E-state index in [9.17, 15) is 0 Å². The van der Waals surface area contributed by atoms with E-state index in [1.807, 2.05) is 22.5 Å². The second-order valence-corrected chi connectivity index (χ2v) is 2.36. The van der Waals surface area contributed by atoms with Crippen LogP contribution in [-0.2, 0) is 7.05 Å². The Bertz CT molecular complexity index is 142. The fourth-order valence-electron chi connectivity index (χ4n) is 0.357. The van der Waals surface area contributed by atoms with E-state index < -0.39 is 0 Å². The number of aromatic nitrogens is 1. The lowest BCUT2D eigenvalue weighted by atomic mass is 10.7. The van der Waals surface area contributed by atoms with Gasteiger partial charge >= 0.3 is 0 Å². The molecule has 0 aliphatic heterocycles. The highest BCUT2D eigenvalue weighted by Crippen LogP contribution is 1.94. The van der Waals surface area contributed by atoms with Gasteiger partial charge in [0, 0.05) is 23.0 Å². The molecule has 3 heteroatoms. The van der Waals surface area contributed by atoms with Gasteiger partial charge in [-0.15, -0.1) is 0 Å². The fraction of sp³-hybridized carbons (Fsp3) is 0.250. The van der Waals surface area contributed by atoms with Gasteiger partial charge in [-0.05, 0) is 0 Å². The summed E-state index contributed by atoms with van der Waals surface area (Å²) in [6.45, 7) is 0. The predicted octanol–water partition coefficient (Wildman–Crippen LogP) is 0.155. The smallest absolute Gasteiger partial charge is 0.284 e.